The fourth-order valence-corrected chi connectivity index (χ4v) is 3.84. The molecule has 0 saturated carbocycles. The molecule has 2 amide bonds. The third-order valence-electron chi connectivity index (χ3n) is 5.32. The minimum absolute atomic E-state index is 0.0977. The van der Waals surface area contributed by atoms with E-state index < -0.39 is 0 Å². The van der Waals surface area contributed by atoms with E-state index in [-0.39, 0.29) is 11.9 Å². The zero-order valence-electron chi connectivity index (χ0n) is 15.6. The lowest BCUT2D eigenvalue weighted by molar-refractivity contribution is 0.191. The highest BCUT2D eigenvalue weighted by Crippen LogP contribution is 2.27. The number of nitrogens with zero attached hydrogens (tertiary/aromatic N) is 4. The summed E-state index contributed by atoms with van der Waals surface area (Å²) in [6.45, 7) is 3.47. The van der Waals surface area contributed by atoms with Crippen molar-refractivity contribution in [1.29, 1.82) is 0 Å². The first-order valence-electron chi connectivity index (χ1n) is 9.48. The first kappa shape index (κ1) is 16.7. The number of aromatic nitrogens is 5. The number of likely N-dealkylation sites (tertiary alicyclic amines) is 1. The van der Waals surface area contributed by atoms with Gasteiger partial charge in [0, 0.05) is 24.7 Å². The molecule has 0 spiro atoms. The molecule has 3 N–H and O–H groups in total. The predicted molar refractivity (Wildman–Crippen MR) is 107 cm³/mol. The second-order valence-corrected chi connectivity index (χ2v) is 7.39. The van der Waals surface area contributed by atoms with Gasteiger partial charge in [-0.3, -0.25) is 0 Å². The number of urea groups is 1. The summed E-state index contributed by atoms with van der Waals surface area (Å²) in [5.41, 5.74) is 5.45. The van der Waals surface area contributed by atoms with Gasteiger partial charge in [-0.05, 0) is 55.7 Å². The zero-order chi connectivity index (χ0) is 19.1. The van der Waals surface area contributed by atoms with Gasteiger partial charge in [-0.25, -0.2) is 9.78 Å². The van der Waals surface area contributed by atoms with Crippen LogP contribution in [-0.2, 0) is 0 Å². The Labute approximate surface area is 161 Å². The lowest BCUT2D eigenvalue weighted by Crippen LogP contribution is -2.41. The van der Waals surface area contributed by atoms with E-state index in [9.17, 15) is 4.79 Å². The molecule has 0 unspecified atom stereocenters. The number of hydrogen-bond donors (Lipinski definition) is 3. The maximum atomic E-state index is 12.8. The number of amides is 2. The van der Waals surface area contributed by atoms with Crippen molar-refractivity contribution in [2.45, 2.75) is 25.7 Å². The van der Waals surface area contributed by atoms with Crippen LogP contribution in [0.5, 0.6) is 0 Å². The van der Waals surface area contributed by atoms with Gasteiger partial charge < -0.3 is 15.2 Å². The number of aromatic amines is 2. The Hall–Kier alpha value is -3.42. The summed E-state index contributed by atoms with van der Waals surface area (Å²) < 4.78 is 0. The summed E-state index contributed by atoms with van der Waals surface area (Å²) in [6.07, 6.45) is 1.98. The molecule has 0 radical (unpaired) electrons. The van der Waals surface area contributed by atoms with Crippen LogP contribution in [-0.4, -0.2) is 49.4 Å². The predicted octanol–water partition coefficient (Wildman–Crippen LogP) is 3.55. The van der Waals surface area contributed by atoms with Crippen molar-refractivity contribution in [3.05, 3.63) is 47.8 Å². The normalized spacial score (nSPS) is 17.3. The number of aryl methyl sites for hydroxylation is 1. The molecule has 5 rings (SSSR count). The molecule has 2 aromatic carbocycles. The Morgan fingerprint density at radius 1 is 1.14 bits per heavy atom. The molecule has 1 aliphatic heterocycles. The van der Waals surface area contributed by atoms with Crippen molar-refractivity contribution in [1.82, 2.24) is 30.3 Å². The maximum absolute atomic E-state index is 12.8. The number of rotatable bonds is 2. The molecule has 1 aliphatic rings. The van der Waals surface area contributed by atoms with Crippen LogP contribution < -0.4 is 5.32 Å². The molecule has 8 nitrogen and oxygen atoms in total. The van der Waals surface area contributed by atoms with Crippen LogP contribution in [0.3, 0.4) is 0 Å². The van der Waals surface area contributed by atoms with Gasteiger partial charge in [0.05, 0.1) is 11.0 Å². The van der Waals surface area contributed by atoms with Crippen LogP contribution in [0.1, 0.15) is 30.1 Å². The molecule has 28 heavy (non-hydrogen) atoms. The van der Waals surface area contributed by atoms with Crippen LogP contribution >= 0.6 is 0 Å². The summed E-state index contributed by atoms with van der Waals surface area (Å²) in [7, 11) is 0. The van der Waals surface area contributed by atoms with Gasteiger partial charge in [-0.1, -0.05) is 6.07 Å². The number of benzene rings is 2. The van der Waals surface area contributed by atoms with Gasteiger partial charge >= 0.3 is 6.03 Å². The van der Waals surface area contributed by atoms with E-state index in [1.165, 1.54) is 5.56 Å². The Kier molecular flexibility index (Phi) is 3.96. The third kappa shape index (κ3) is 3.06. The molecule has 0 aliphatic carbocycles. The van der Waals surface area contributed by atoms with Crippen molar-refractivity contribution >= 4 is 33.8 Å². The molecule has 3 heterocycles. The Balaban J connectivity index is 1.31. The number of H-pyrrole nitrogens is 2. The molecule has 2 aromatic heterocycles. The summed E-state index contributed by atoms with van der Waals surface area (Å²) in [4.78, 5) is 22.8. The average Bonchev–Trinajstić information content (AvgIpc) is 3.34. The Morgan fingerprint density at radius 2 is 2.00 bits per heavy atom. The van der Waals surface area contributed by atoms with Gasteiger partial charge in [0.15, 0.2) is 0 Å². The topological polar surface area (TPSA) is 103 Å². The lowest BCUT2D eigenvalue weighted by Gasteiger charge is -2.31. The van der Waals surface area contributed by atoms with Gasteiger partial charge in [0.25, 0.3) is 0 Å². The van der Waals surface area contributed by atoms with Gasteiger partial charge in [0.2, 0.25) is 0 Å². The van der Waals surface area contributed by atoms with Crippen LogP contribution in [0, 0.1) is 6.92 Å². The van der Waals surface area contributed by atoms with Crippen LogP contribution in [0.2, 0.25) is 0 Å². The quantitative estimate of drug-likeness (QED) is 0.498. The van der Waals surface area contributed by atoms with Crippen molar-refractivity contribution < 1.29 is 4.79 Å². The first-order valence-corrected chi connectivity index (χ1v) is 9.48. The van der Waals surface area contributed by atoms with E-state index in [1.54, 1.807) is 0 Å². The molecule has 142 valence electrons. The highest BCUT2D eigenvalue weighted by atomic mass is 16.2. The monoisotopic (exact) mass is 375 g/mol. The second kappa shape index (κ2) is 6.63. The van der Waals surface area contributed by atoms with Crippen molar-refractivity contribution in [2.75, 3.05) is 18.4 Å². The highest BCUT2D eigenvalue weighted by molar-refractivity contribution is 5.91. The first-order chi connectivity index (χ1) is 13.7. The van der Waals surface area contributed by atoms with E-state index in [2.05, 4.69) is 44.8 Å². The van der Waals surface area contributed by atoms with Crippen LogP contribution in [0.4, 0.5) is 10.5 Å². The molecule has 1 fully saturated rings. The average molecular weight is 375 g/mol. The second-order valence-electron chi connectivity index (χ2n) is 7.39. The zero-order valence-corrected chi connectivity index (χ0v) is 15.6. The standard InChI is InChI=1S/C20H21N7O/c1-12-4-6-15-17(9-12)23-19(22-15)13-3-2-8-27(11-13)20(28)21-14-5-7-16-18(10-14)25-26-24-16/h4-7,9-10,13H,2-3,8,11H2,1H3,(H,21,28)(H,22,23)(H,24,25,26)/t13-/m0/s1. The summed E-state index contributed by atoms with van der Waals surface area (Å²) in [6, 6.07) is 11.6. The minimum Gasteiger partial charge on any atom is -0.342 e. The molecule has 1 saturated heterocycles. The van der Waals surface area contributed by atoms with Crippen molar-refractivity contribution in [2.24, 2.45) is 0 Å². The van der Waals surface area contributed by atoms with E-state index >= 15 is 0 Å². The van der Waals surface area contributed by atoms with Crippen molar-refractivity contribution in [3.63, 3.8) is 0 Å². The van der Waals surface area contributed by atoms with Gasteiger partial charge in [-0.2, -0.15) is 15.4 Å². The largest absolute Gasteiger partial charge is 0.342 e. The summed E-state index contributed by atoms with van der Waals surface area (Å²) in [5, 5.41) is 13.7. The number of nitrogens with one attached hydrogen (secondary N) is 3. The number of imidazole rings is 1. The van der Waals surface area contributed by atoms with Crippen molar-refractivity contribution in [3.8, 4) is 0 Å². The fourth-order valence-electron chi connectivity index (χ4n) is 3.84. The van der Waals surface area contributed by atoms with E-state index in [0.717, 1.165) is 47.3 Å². The molecular formula is C20H21N7O. The fraction of sp³-hybridized carbons (Fsp3) is 0.300. The van der Waals surface area contributed by atoms with Gasteiger partial charge in [0.1, 0.15) is 16.9 Å². The van der Waals surface area contributed by atoms with Crippen LogP contribution in [0.25, 0.3) is 22.1 Å². The molecule has 0 bridgehead atoms. The summed E-state index contributed by atoms with van der Waals surface area (Å²) in [5.74, 6) is 1.17. The number of carbonyl (C=O) groups is 1. The van der Waals surface area contributed by atoms with E-state index in [0.29, 0.717) is 12.2 Å². The van der Waals surface area contributed by atoms with Gasteiger partial charge in [-0.15, -0.1) is 0 Å². The number of piperidine rings is 1. The smallest absolute Gasteiger partial charge is 0.321 e. The highest BCUT2D eigenvalue weighted by Gasteiger charge is 2.27. The molecular weight excluding hydrogens is 354 g/mol. The lowest BCUT2D eigenvalue weighted by atomic mass is 9.97. The van der Waals surface area contributed by atoms with Crippen LogP contribution in [0.15, 0.2) is 36.4 Å². The third-order valence-corrected chi connectivity index (χ3v) is 5.32. The molecule has 8 heteroatoms. The Morgan fingerprint density at radius 3 is 2.93 bits per heavy atom. The molecule has 1 atom stereocenters. The number of fused-ring (bicyclic) bond motifs is 2. The number of anilines is 1. The number of hydrogen-bond acceptors (Lipinski definition) is 4. The Bertz CT molecular complexity index is 1160. The maximum Gasteiger partial charge on any atom is 0.321 e. The number of carbonyl (C=O) groups excluding carboxylic acids is 1. The van der Waals surface area contributed by atoms with E-state index in [1.807, 2.05) is 29.2 Å². The SMILES string of the molecule is Cc1ccc2nc([C@H]3CCCN(C(=O)Nc4ccc5n[nH]nc5c4)C3)[nH]c2c1. The summed E-state index contributed by atoms with van der Waals surface area (Å²) >= 11 is 0. The minimum atomic E-state index is -0.0977. The molecule has 4 aromatic rings. The van der Waals surface area contributed by atoms with E-state index in [4.69, 9.17) is 4.98 Å².